The minimum Gasteiger partial charge on any atom is -0.347 e. The first-order chi connectivity index (χ1) is 12.7. The molecule has 132 valence electrons. The number of fused-ring (bicyclic) bond motifs is 1. The highest BCUT2D eigenvalue weighted by Crippen LogP contribution is 2.29. The van der Waals surface area contributed by atoms with E-state index < -0.39 is 11.0 Å². The van der Waals surface area contributed by atoms with Gasteiger partial charge in [-0.3, -0.25) is 10.1 Å². The van der Waals surface area contributed by atoms with Crippen LogP contribution in [-0.2, 0) is 4.79 Å². The fraction of sp³-hybridized carbons (Fsp3) is 0.222. The average Bonchev–Trinajstić information content (AvgIpc) is 3.11. The Labute approximate surface area is 149 Å². The summed E-state index contributed by atoms with van der Waals surface area (Å²) in [6.07, 6.45) is 2.41. The molecule has 0 aliphatic carbocycles. The van der Waals surface area contributed by atoms with Crippen molar-refractivity contribution >= 4 is 34.5 Å². The van der Waals surface area contributed by atoms with Gasteiger partial charge in [0.1, 0.15) is 18.1 Å². The van der Waals surface area contributed by atoms with Crippen molar-refractivity contribution in [3.63, 3.8) is 0 Å². The predicted octanol–water partition coefficient (Wildman–Crippen LogP) is 2.37. The molecule has 8 heteroatoms. The van der Waals surface area contributed by atoms with Crippen molar-refractivity contribution in [2.24, 2.45) is 0 Å². The van der Waals surface area contributed by atoms with Crippen molar-refractivity contribution in [3.8, 4) is 0 Å². The number of nitrogens with one attached hydrogen (secondary N) is 1. The molecule has 1 atom stereocenters. The van der Waals surface area contributed by atoms with E-state index in [1.807, 2.05) is 35.2 Å². The number of aromatic nitrogens is 2. The molecule has 0 spiro atoms. The number of aldehydes is 1. The lowest BCUT2D eigenvalue weighted by Crippen LogP contribution is -2.54. The van der Waals surface area contributed by atoms with Gasteiger partial charge < -0.3 is 19.6 Å². The fourth-order valence-corrected chi connectivity index (χ4v) is 3.41. The van der Waals surface area contributed by atoms with Gasteiger partial charge in [0, 0.05) is 42.8 Å². The largest absolute Gasteiger partial charge is 0.347 e. The number of rotatable bonds is 4. The number of nitrogens with zero attached hydrogens (tertiary/aromatic N) is 4. The Bertz CT molecular complexity index is 937. The zero-order valence-electron chi connectivity index (χ0n) is 13.9. The summed E-state index contributed by atoms with van der Waals surface area (Å²) in [5.74, 6) is 1.18. The lowest BCUT2D eigenvalue weighted by Gasteiger charge is -2.39. The number of hydrogen-bond acceptors (Lipinski definition) is 6. The predicted molar refractivity (Wildman–Crippen MR) is 98.6 cm³/mol. The molecule has 26 heavy (non-hydrogen) atoms. The van der Waals surface area contributed by atoms with E-state index in [0.29, 0.717) is 25.5 Å². The van der Waals surface area contributed by atoms with Gasteiger partial charge in [-0.25, -0.2) is 4.98 Å². The molecule has 3 aromatic rings. The summed E-state index contributed by atoms with van der Waals surface area (Å²) in [4.78, 5) is 33.8. The molecule has 1 saturated heterocycles. The molecule has 1 aromatic carbocycles. The van der Waals surface area contributed by atoms with E-state index in [4.69, 9.17) is 0 Å². The van der Waals surface area contributed by atoms with Crippen molar-refractivity contribution in [1.29, 1.82) is 0 Å². The van der Waals surface area contributed by atoms with Crippen LogP contribution in [0.5, 0.6) is 0 Å². The number of carbonyl (C=O) groups is 1. The maximum atomic E-state index is 11.7. The molecular formula is C18H17N5O3. The second kappa shape index (κ2) is 6.47. The summed E-state index contributed by atoms with van der Waals surface area (Å²) in [6, 6.07) is 12.5. The molecule has 1 fully saturated rings. The number of pyridine rings is 1. The van der Waals surface area contributed by atoms with Gasteiger partial charge in [-0.05, 0) is 18.2 Å². The van der Waals surface area contributed by atoms with Gasteiger partial charge in [-0.15, -0.1) is 0 Å². The topological polar surface area (TPSA) is 95.4 Å². The van der Waals surface area contributed by atoms with Crippen molar-refractivity contribution in [2.45, 2.75) is 6.04 Å². The maximum absolute atomic E-state index is 11.7. The Morgan fingerprint density at radius 1 is 1.23 bits per heavy atom. The van der Waals surface area contributed by atoms with E-state index in [0.717, 1.165) is 23.0 Å². The first-order valence-corrected chi connectivity index (χ1v) is 8.31. The number of aromatic amines is 1. The number of H-pyrrole nitrogens is 1. The molecule has 0 bridgehead atoms. The van der Waals surface area contributed by atoms with E-state index >= 15 is 0 Å². The summed E-state index contributed by atoms with van der Waals surface area (Å²) in [6.45, 7) is 1.44. The van der Waals surface area contributed by atoms with Gasteiger partial charge in [0.2, 0.25) is 5.82 Å². The van der Waals surface area contributed by atoms with Crippen molar-refractivity contribution in [3.05, 3.63) is 58.8 Å². The van der Waals surface area contributed by atoms with E-state index in [-0.39, 0.29) is 5.69 Å². The Kier molecular flexibility index (Phi) is 4.00. The zero-order chi connectivity index (χ0) is 18.1. The standard InChI is InChI=1S/C18H17N5O3/c24-12-14-11-21(18-16(23(25)26)6-3-7-19-18)8-9-22(14)17-10-13-4-1-2-5-15(13)20-17/h1-7,10,12,14,20H,8-9,11H2. The SMILES string of the molecule is O=CC1CN(c2ncccc2[N+](=O)[O-])CCN1c1cc2ccccc2[nH]1. The van der Waals surface area contributed by atoms with Gasteiger partial charge >= 0.3 is 5.69 Å². The molecular weight excluding hydrogens is 334 g/mol. The smallest absolute Gasteiger partial charge is 0.311 e. The monoisotopic (exact) mass is 351 g/mol. The Hall–Kier alpha value is -3.42. The molecule has 0 radical (unpaired) electrons. The van der Waals surface area contributed by atoms with Gasteiger partial charge in [0.05, 0.1) is 4.92 Å². The lowest BCUT2D eigenvalue weighted by molar-refractivity contribution is -0.384. The van der Waals surface area contributed by atoms with Crippen LogP contribution in [0.1, 0.15) is 0 Å². The number of para-hydroxylation sites is 1. The second-order valence-electron chi connectivity index (χ2n) is 6.19. The quantitative estimate of drug-likeness (QED) is 0.440. The van der Waals surface area contributed by atoms with Gasteiger partial charge in [0.15, 0.2) is 0 Å². The molecule has 1 aliphatic rings. The van der Waals surface area contributed by atoms with Gasteiger partial charge in [-0.1, -0.05) is 18.2 Å². The van der Waals surface area contributed by atoms with E-state index in [1.165, 1.54) is 12.3 Å². The summed E-state index contributed by atoms with van der Waals surface area (Å²) in [7, 11) is 0. The molecule has 3 heterocycles. The molecule has 0 saturated carbocycles. The van der Waals surface area contributed by atoms with Gasteiger partial charge in [0.25, 0.3) is 0 Å². The first kappa shape index (κ1) is 16.1. The first-order valence-electron chi connectivity index (χ1n) is 8.31. The van der Waals surface area contributed by atoms with E-state index in [2.05, 4.69) is 9.97 Å². The third-order valence-electron chi connectivity index (χ3n) is 4.66. The number of anilines is 2. The highest BCUT2D eigenvalue weighted by molar-refractivity contribution is 5.85. The molecule has 0 amide bonds. The number of nitro groups is 1. The van der Waals surface area contributed by atoms with Crippen LogP contribution in [0.3, 0.4) is 0 Å². The van der Waals surface area contributed by atoms with Crippen LogP contribution in [0, 0.1) is 10.1 Å². The molecule has 4 rings (SSSR count). The molecule has 8 nitrogen and oxygen atoms in total. The molecule has 2 aromatic heterocycles. The van der Waals surface area contributed by atoms with Crippen LogP contribution in [0.25, 0.3) is 10.9 Å². The number of carbonyl (C=O) groups excluding carboxylic acids is 1. The molecule has 1 aliphatic heterocycles. The number of benzene rings is 1. The minimum atomic E-state index is -0.442. The third-order valence-corrected chi connectivity index (χ3v) is 4.66. The molecule has 1 N–H and O–H groups in total. The Morgan fingerprint density at radius 2 is 2.08 bits per heavy atom. The van der Waals surface area contributed by atoms with Gasteiger partial charge in [-0.2, -0.15) is 0 Å². The Morgan fingerprint density at radius 3 is 2.85 bits per heavy atom. The van der Waals surface area contributed by atoms with Crippen molar-refractivity contribution < 1.29 is 9.72 Å². The summed E-state index contributed by atoms with van der Waals surface area (Å²) in [5.41, 5.74) is 0.964. The van der Waals surface area contributed by atoms with Crippen molar-refractivity contribution in [1.82, 2.24) is 9.97 Å². The van der Waals surface area contributed by atoms with E-state index in [1.54, 1.807) is 11.0 Å². The maximum Gasteiger partial charge on any atom is 0.311 e. The zero-order valence-corrected chi connectivity index (χ0v) is 13.9. The second-order valence-corrected chi connectivity index (χ2v) is 6.19. The highest BCUT2D eigenvalue weighted by atomic mass is 16.6. The van der Waals surface area contributed by atoms with Crippen LogP contribution in [0.2, 0.25) is 0 Å². The van der Waals surface area contributed by atoms with Crippen LogP contribution in [0.15, 0.2) is 48.7 Å². The minimum absolute atomic E-state index is 0.0452. The normalized spacial score (nSPS) is 17.5. The van der Waals surface area contributed by atoms with Crippen LogP contribution in [-0.4, -0.2) is 46.9 Å². The van der Waals surface area contributed by atoms with Crippen LogP contribution in [0.4, 0.5) is 17.3 Å². The highest BCUT2D eigenvalue weighted by Gasteiger charge is 2.31. The average molecular weight is 351 g/mol. The fourth-order valence-electron chi connectivity index (χ4n) is 3.41. The van der Waals surface area contributed by atoms with E-state index in [9.17, 15) is 14.9 Å². The summed E-state index contributed by atoms with van der Waals surface area (Å²) >= 11 is 0. The number of hydrogen-bond donors (Lipinski definition) is 1. The summed E-state index contributed by atoms with van der Waals surface area (Å²) in [5, 5.41) is 12.3. The number of piperazine rings is 1. The van der Waals surface area contributed by atoms with Crippen LogP contribution >= 0.6 is 0 Å². The Balaban J connectivity index is 1.61. The summed E-state index contributed by atoms with van der Waals surface area (Å²) < 4.78 is 0. The lowest BCUT2D eigenvalue weighted by atomic mass is 10.1. The molecule has 1 unspecified atom stereocenters. The van der Waals surface area contributed by atoms with Crippen molar-refractivity contribution in [2.75, 3.05) is 29.4 Å². The van der Waals surface area contributed by atoms with Crippen LogP contribution < -0.4 is 9.80 Å². The third kappa shape index (κ3) is 2.75.